The van der Waals surface area contributed by atoms with E-state index in [1.165, 1.54) is 5.56 Å². The van der Waals surface area contributed by atoms with E-state index in [2.05, 4.69) is 52.0 Å². The first-order valence-electron chi connectivity index (χ1n) is 9.91. The zero-order chi connectivity index (χ0) is 20.8. The van der Waals surface area contributed by atoms with E-state index in [4.69, 9.17) is 4.74 Å². The van der Waals surface area contributed by atoms with E-state index in [0.29, 0.717) is 24.3 Å². The van der Waals surface area contributed by atoms with Crippen molar-refractivity contribution in [1.82, 2.24) is 0 Å². The molecule has 152 valence electrons. The Bertz CT molecular complexity index is 938. The summed E-state index contributed by atoms with van der Waals surface area (Å²) in [4.78, 5) is 2.09. The maximum atomic E-state index is 15.0. The van der Waals surface area contributed by atoms with Crippen molar-refractivity contribution in [3.8, 4) is 5.75 Å². The van der Waals surface area contributed by atoms with Gasteiger partial charge in [-0.3, -0.25) is 0 Å². The number of halogens is 2. The van der Waals surface area contributed by atoms with Crippen molar-refractivity contribution in [2.45, 2.75) is 39.8 Å². The van der Waals surface area contributed by atoms with Crippen LogP contribution in [0.3, 0.4) is 0 Å². The van der Waals surface area contributed by atoms with Crippen LogP contribution in [0.15, 0.2) is 65.1 Å². The highest BCUT2D eigenvalue weighted by atomic mass is 79.9. The minimum atomic E-state index is -0.177. The molecule has 0 aliphatic carbocycles. The molecule has 0 spiro atoms. The van der Waals surface area contributed by atoms with E-state index in [1.54, 1.807) is 14.0 Å². The summed E-state index contributed by atoms with van der Waals surface area (Å²) in [5.41, 5.74) is 4.83. The molecule has 0 fully saturated rings. The van der Waals surface area contributed by atoms with Gasteiger partial charge in [-0.1, -0.05) is 65.7 Å². The Morgan fingerprint density at radius 2 is 1.45 bits per heavy atom. The van der Waals surface area contributed by atoms with E-state index in [1.807, 2.05) is 36.4 Å². The van der Waals surface area contributed by atoms with Crippen LogP contribution in [0.2, 0.25) is 0 Å². The summed E-state index contributed by atoms with van der Waals surface area (Å²) in [6.07, 6.45) is 2.21. The highest BCUT2D eigenvalue weighted by molar-refractivity contribution is 9.10. The van der Waals surface area contributed by atoms with E-state index in [-0.39, 0.29) is 5.82 Å². The van der Waals surface area contributed by atoms with E-state index in [0.717, 1.165) is 34.2 Å². The lowest BCUT2D eigenvalue weighted by Crippen LogP contribution is -2.23. The molecule has 0 aliphatic heterocycles. The smallest absolute Gasteiger partial charge is 0.149 e. The third-order valence-electron chi connectivity index (χ3n) is 5.01. The Morgan fingerprint density at radius 1 is 0.897 bits per heavy atom. The van der Waals surface area contributed by atoms with Crippen molar-refractivity contribution >= 4 is 21.6 Å². The predicted molar refractivity (Wildman–Crippen MR) is 122 cm³/mol. The van der Waals surface area contributed by atoms with Gasteiger partial charge in [0.15, 0.2) is 0 Å². The SMILES string of the molecule is CCCc1ccc(CN(Cc2ccc(OC)cc2)c2cc(Br)cc(C)c2F)cc1. The summed E-state index contributed by atoms with van der Waals surface area (Å²) in [6, 6.07) is 20.2. The fourth-order valence-electron chi connectivity index (χ4n) is 3.44. The van der Waals surface area contributed by atoms with E-state index in [9.17, 15) is 0 Å². The summed E-state index contributed by atoms with van der Waals surface area (Å²) >= 11 is 3.52. The summed E-state index contributed by atoms with van der Waals surface area (Å²) in [7, 11) is 1.66. The van der Waals surface area contributed by atoms with Crippen LogP contribution in [0.25, 0.3) is 0 Å². The molecule has 0 N–H and O–H groups in total. The zero-order valence-corrected chi connectivity index (χ0v) is 18.8. The first-order chi connectivity index (χ1) is 14.0. The van der Waals surface area contributed by atoms with Crippen molar-refractivity contribution in [3.63, 3.8) is 0 Å². The molecule has 0 aliphatic rings. The van der Waals surface area contributed by atoms with Crippen molar-refractivity contribution in [1.29, 1.82) is 0 Å². The molecule has 4 heteroatoms. The van der Waals surface area contributed by atoms with Crippen LogP contribution in [0.1, 0.15) is 35.6 Å². The number of aryl methyl sites for hydroxylation is 2. The van der Waals surface area contributed by atoms with Crippen molar-refractivity contribution in [2.24, 2.45) is 0 Å². The van der Waals surface area contributed by atoms with Gasteiger partial charge < -0.3 is 9.64 Å². The van der Waals surface area contributed by atoms with Gasteiger partial charge in [0.05, 0.1) is 12.8 Å². The maximum Gasteiger partial charge on any atom is 0.149 e. The summed E-state index contributed by atoms with van der Waals surface area (Å²) in [5, 5.41) is 0. The fraction of sp³-hybridized carbons (Fsp3) is 0.280. The molecule has 0 saturated carbocycles. The topological polar surface area (TPSA) is 12.5 Å². The summed E-state index contributed by atoms with van der Waals surface area (Å²) < 4.78 is 21.2. The van der Waals surface area contributed by atoms with Gasteiger partial charge in [-0.25, -0.2) is 4.39 Å². The van der Waals surface area contributed by atoms with Gasteiger partial charge in [-0.2, -0.15) is 0 Å². The average Bonchev–Trinajstić information content (AvgIpc) is 2.72. The zero-order valence-electron chi connectivity index (χ0n) is 17.2. The predicted octanol–water partition coefficient (Wildman–Crippen LogP) is 7.06. The van der Waals surface area contributed by atoms with Gasteiger partial charge >= 0.3 is 0 Å². The molecule has 3 aromatic carbocycles. The molecule has 29 heavy (non-hydrogen) atoms. The third kappa shape index (κ3) is 5.60. The normalized spacial score (nSPS) is 10.8. The molecule has 0 saturated heterocycles. The highest BCUT2D eigenvalue weighted by Crippen LogP contribution is 2.30. The molecular weight excluding hydrogens is 429 g/mol. The van der Waals surface area contributed by atoms with Crippen LogP contribution in [0.5, 0.6) is 5.75 Å². The first-order valence-corrected chi connectivity index (χ1v) is 10.7. The molecule has 0 radical (unpaired) electrons. The molecule has 0 unspecified atom stereocenters. The largest absolute Gasteiger partial charge is 0.497 e. The van der Waals surface area contributed by atoms with Crippen LogP contribution < -0.4 is 9.64 Å². The standard InChI is InChI=1S/C25H27BrFNO/c1-4-5-19-6-8-20(9-7-19)16-28(17-21-10-12-23(29-3)13-11-21)24-15-22(26)14-18(2)25(24)27/h6-15H,4-5,16-17H2,1-3H3. The van der Waals surface area contributed by atoms with Gasteiger partial charge in [0.25, 0.3) is 0 Å². The Morgan fingerprint density at radius 3 is 2.00 bits per heavy atom. The number of benzene rings is 3. The number of hydrogen-bond donors (Lipinski definition) is 0. The van der Waals surface area contributed by atoms with Crippen LogP contribution in [-0.2, 0) is 19.5 Å². The van der Waals surface area contributed by atoms with Crippen molar-refractivity contribution < 1.29 is 9.13 Å². The van der Waals surface area contributed by atoms with Gasteiger partial charge in [-0.15, -0.1) is 0 Å². The Balaban J connectivity index is 1.92. The maximum absolute atomic E-state index is 15.0. The highest BCUT2D eigenvalue weighted by Gasteiger charge is 2.16. The molecule has 3 rings (SSSR count). The van der Waals surface area contributed by atoms with Gasteiger partial charge in [0, 0.05) is 17.6 Å². The number of hydrogen-bond acceptors (Lipinski definition) is 2. The molecule has 0 amide bonds. The lowest BCUT2D eigenvalue weighted by molar-refractivity contribution is 0.414. The molecule has 0 atom stereocenters. The Labute approximate surface area is 181 Å². The van der Waals surface area contributed by atoms with Gasteiger partial charge in [0.2, 0.25) is 0 Å². The Kier molecular flexibility index (Phi) is 7.32. The fourth-order valence-corrected chi connectivity index (χ4v) is 4.00. The summed E-state index contributed by atoms with van der Waals surface area (Å²) in [6.45, 7) is 5.22. The number of methoxy groups -OCH3 is 1. The molecule has 0 bridgehead atoms. The molecule has 2 nitrogen and oxygen atoms in total. The minimum Gasteiger partial charge on any atom is -0.497 e. The Hall–Kier alpha value is -2.33. The van der Waals surface area contributed by atoms with Crippen LogP contribution >= 0.6 is 15.9 Å². The van der Waals surface area contributed by atoms with Gasteiger partial charge in [-0.05, 0) is 59.9 Å². The number of rotatable bonds is 8. The second-order valence-electron chi connectivity index (χ2n) is 7.33. The monoisotopic (exact) mass is 455 g/mol. The van der Waals surface area contributed by atoms with Crippen LogP contribution in [0.4, 0.5) is 10.1 Å². The van der Waals surface area contributed by atoms with Crippen LogP contribution in [-0.4, -0.2) is 7.11 Å². The van der Waals surface area contributed by atoms with Crippen molar-refractivity contribution in [3.05, 3.63) is 93.2 Å². The minimum absolute atomic E-state index is 0.177. The van der Waals surface area contributed by atoms with E-state index < -0.39 is 0 Å². The average molecular weight is 456 g/mol. The second kappa shape index (κ2) is 9.93. The number of ether oxygens (including phenoxy) is 1. The quantitative estimate of drug-likeness (QED) is 0.360. The number of anilines is 1. The lowest BCUT2D eigenvalue weighted by atomic mass is 10.1. The molecule has 0 aromatic heterocycles. The van der Waals surface area contributed by atoms with Gasteiger partial charge in [0.1, 0.15) is 11.6 Å². The lowest BCUT2D eigenvalue weighted by Gasteiger charge is -2.27. The molecule has 3 aromatic rings. The second-order valence-corrected chi connectivity index (χ2v) is 8.24. The van der Waals surface area contributed by atoms with E-state index >= 15 is 4.39 Å². The summed E-state index contributed by atoms with van der Waals surface area (Å²) in [5.74, 6) is 0.639. The number of nitrogens with zero attached hydrogens (tertiary/aromatic N) is 1. The van der Waals surface area contributed by atoms with Crippen LogP contribution in [0, 0.1) is 12.7 Å². The third-order valence-corrected chi connectivity index (χ3v) is 5.47. The first kappa shape index (κ1) is 21.4. The molecular formula is C25H27BrFNO. The van der Waals surface area contributed by atoms with Crippen molar-refractivity contribution in [2.75, 3.05) is 12.0 Å². The molecule has 0 heterocycles.